The van der Waals surface area contributed by atoms with Crippen molar-refractivity contribution in [2.24, 2.45) is 0 Å². The van der Waals surface area contributed by atoms with Gasteiger partial charge in [-0.2, -0.15) is 0 Å². The second-order valence-corrected chi connectivity index (χ2v) is 9.41. The van der Waals surface area contributed by atoms with E-state index in [2.05, 4.69) is 20.9 Å². The lowest BCUT2D eigenvalue weighted by atomic mass is 9.99. The van der Waals surface area contributed by atoms with E-state index < -0.39 is 0 Å². The molecule has 0 saturated heterocycles. The molecule has 4 rings (SSSR count). The third-order valence-corrected chi connectivity index (χ3v) is 7.21. The maximum Gasteiger partial charge on any atom is 0.266 e. The number of aromatic nitrogens is 2. The molecule has 0 aliphatic heterocycles. The summed E-state index contributed by atoms with van der Waals surface area (Å²) in [6.45, 7) is 0. The van der Waals surface area contributed by atoms with Crippen molar-refractivity contribution in [2.75, 3.05) is 0 Å². The first kappa shape index (κ1) is 18.9. The fourth-order valence-corrected chi connectivity index (χ4v) is 5.48. The van der Waals surface area contributed by atoms with Crippen LogP contribution in [0.5, 0.6) is 0 Å². The summed E-state index contributed by atoms with van der Waals surface area (Å²) in [5.74, 6) is 0. The average Bonchev–Trinajstić information content (AvgIpc) is 3.01. The number of hydrogen-bond donors (Lipinski definition) is 0. The van der Waals surface area contributed by atoms with Gasteiger partial charge in [0.1, 0.15) is 11.2 Å². The highest BCUT2D eigenvalue weighted by atomic mass is 79.9. The van der Waals surface area contributed by atoms with Crippen LogP contribution in [0.4, 0.5) is 0 Å². The predicted molar refractivity (Wildman–Crippen MR) is 117 cm³/mol. The smallest absolute Gasteiger partial charge is 0.266 e. The largest absolute Gasteiger partial charge is 0.268 e. The molecule has 2 aromatic heterocycles. The molecular weight excluding hydrogens is 420 g/mol. The normalized spacial score (nSPS) is 16.5. The van der Waals surface area contributed by atoms with Gasteiger partial charge < -0.3 is 0 Å². The van der Waals surface area contributed by atoms with Gasteiger partial charge in [-0.3, -0.25) is 9.36 Å². The molecule has 1 aromatic carbocycles. The number of fused-ring (bicyclic) bond motifs is 3. The SMILES string of the molecule is O=c1c2c3c(sc2ncn1-c1ccc(Br)cc1)CCCCCCCCCC3. The van der Waals surface area contributed by atoms with Gasteiger partial charge in [-0.15, -0.1) is 11.3 Å². The molecule has 3 nitrogen and oxygen atoms in total. The van der Waals surface area contributed by atoms with Crippen molar-refractivity contribution < 1.29 is 0 Å². The van der Waals surface area contributed by atoms with Crippen molar-refractivity contribution in [3.8, 4) is 5.69 Å². The highest BCUT2D eigenvalue weighted by Gasteiger charge is 2.18. The maximum atomic E-state index is 13.3. The lowest BCUT2D eigenvalue weighted by Crippen LogP contribution is -2.19. The van der Waals surface area contributed by atoms with Gasteiger partial charge in [0.2, 0.25) is 0 Å². The summed E-state index contributed by atoms with van der Waals surface area (Å²) in [5, 5.41) is 0.859. The fraction of sp³-hybridized carbons (Fsp3) is 0.455. The van der Waals surface area contributed by atoms with E-state index in [0.29, 0.717) is 0 Å². The van der Waals surface area contributed by atoms with Crippen molar-refractivity contribution in [1.29, 1.82) is 0 Å². The lowest BCUT2D eigenvalue weighted by molar-refractivity contribution is 0.562. The maximum absolute atomic E-state index is 13.3. The Labute approximate surface area is 172 Å². The molecule has 0 N–H and O–H groups in total. The van der Waals surface area contributed by atoms with Crippen LogP contribution < -0.4 is 5.56 Å². The van der Waals surface area contributed by atoms with Crippen LogP contribution >= 0.6 is 27.3 Å². The Morgan fingerprint density at radius 2 is 1.52 bits per heavy atom. The van der Waals surface area contributed by atoms with Gasteiger partial charge in [-0.05, 0) is 55.5 Å². The molecular formula is C22H25BrN2OS. The topological polar surface area (TPSA) is 34.9 Å². The van der Waals surface area contributed by atoms with Crippen LogP contribution in [-0.4, -0.2) is 9.55 Å². The molecule has 0 amide bonds. The van der Waals surface area contributed by atoms with E-state index in [1.165, 1.54) is 61.8 Å². The van der Waals surface area contributed by atoms with Crippen molar-refractivity contribution in [3.05, 3.63) is 55.9 Å². The molecule has 27 heavy (non-hydrogen) atoms. The molecule has 3 aromatic rings. The number of halogens is 1. The van der Waals surface area contributed by atoms with Crippen LogP contribution in [-0.2, 0) is 12.8 Å². The Balaban J connectivity index is 1.78. The van der Waals surface area contributed by atoms with E-state index in [1.54, 1.807) is 22.2 Å². The van der Waals surface area contributed by atoms with Gasteiger partial charge in [0.15, 0.2) is 0 Å². The molecule has 0 unspecified atom stereocenters. The van der Waals surface area contributed by atoms with Gasteiger partial charge in [-0.25, -0.2) is 4.98 Å². The third kappa shape index (κ3) is 4.19. The molecule has 1 aliphatic carbocycles. The predicted octanol–water partition coefficient (Wildman–Crippen LogP) is 6.43. The van der Waals surface area contributed by atoms with Crippen molar-refractivity contribution in [1.82, 2.24) is 9.55 Å². The summed E-state index contributed by atoms with van der Waals surface area (Å²) in [6.07, 6.45) is 14.1. The second kappa shape index (κ2) is 8.70. The zero-order chi connectivity index (χ0) is 18.6. The standard InChI is InChI=1S/C22H25BrN2OS/c23-16-11-13-17(14-12-16)25-15-24-21-20(22(25)26)18-9-7-5-3-1-2-4-6-8-10-19(18)27-21/h11-15H,1-10H2. The molecule has 1 aliphatic rings. The zero-order valence-electron chi connectivity index (χ0n) is 15.5. The van der Waals surface area contributed by atoms with Gasteiger partial charge in [0, 0.05) is 9.35 Å². The molecule has 0 spiro atoms. The average molecular weight is 445 g/mol. The van der Waals surface area contributed by atoms with E-state index in [-0.39, 0.29) is 5.56 Å². The van der Waals surface area contributed by atoms with E-state index in [4.69, 9.17) is 0 Å². The monoisotopic (exact) mass is 444 g/mol. The minimum absolute atomic E-state index is 0.0758. The Hall–Kier alpha value is -1.46. The minimum atomic E-state index is 0.0758. The van der Waals surface area contributed by atoms with Crippen molar-refractivity contribution >= 4 is 37.5 Å². The summed E-state index contributed by atoms with van der Waals surface area (Å²) in [6, 6.07) is 7.84. The number of thiophene rings is 1. The number of nitrogens with zero attached hydrogens (tertiary/aromatic N) is 2. The number of benzene rings is 1. The summed E-state index contributed by atoms with van der Waals surface area (Å²) in [5.41, 5.74) is 2.22. The van der Waals surface area contributed by atoms with Crippen LogP contribution in [0.1, 0.15) is 61.8 Å². The van der Waals surface area contributed by atoms with Gasteiger partial charge in [0.25, 0.3) is 5.56 Å². The number of rotatable bonds is 1. The minimum Gasteiger partial charge on any atom is -0.268 e. The summed E-state index contributed by atoms with van der Waals surface area (Å²) < 4.78 is 2.70. The number of aryl methyl sites for hydroxylation is 2. The van der Waals surface area contributed by atoms with E-state index in [0.717, 1.165) is 33.2 Å². The zero-order valence-corrected chi connectivity index (χ0v) is 17.9. The summed E-state index contributed by atoms with van der Waals surface area (Å²) in [7, 11) is 0. The van der Waals surface area contributed by atoms with Crippen LogP contribution in [0.15, 0.2) is 39.9 Å². The van der Waals surface area contributed by atoms with Crippen LogP contribution in [0.2, 0.25) is 0 Å². The molecule has 0 saturated carbocycles. The van der Waals surface area contributed by atoms with Gasteiger partial charge in [0.05, 0.1) is 11.1 Å². The fourth-order valence-electron chi connectivity index (χ4n) is 3.99. The third-order valence-electron chi connectivity index (χ3n) is 5.48. The van der Waals surface area contributed by atoms with Gasteiger partial charge in [-0.1, -0.05) is 54.5 Å². The summed E-state index contributed by atoms with van der Waals surface area (Å²) in [4.78, 5) is 20.3. The lowest BCUT2D eigenvalue weighted by Gasteiger charge is -2.09. The Bertz CT molecular complexity index is 974. The molecule has 0 radical (unpaired) electrons. The van der Waals surface area contributed by atoms with Crippen LogP contribution in [0, 0.1) is 0 Å². The first-order valence-electron chi connectivity index (χ1n) is 10.0. The number of hydrogen-bond acceptors (Lipinski definition) is 3. The molecule has 2 heterocycles. The highest BCUT2D eigenvalue weighted by molar-refractivity contribution is 9.10. The molecule has 142 valence electrons. The Kier molecular flexibility index (Phi) is 6.08. The first-order chi connectivity index (χ1) is 13.2. The van der Waals surface area contributed by atoms with Crippen molar-refractivity contribution in [3.63, 3.8) is 0 Å². The first-order valence-corrected chi connectivity index (χ1v) is 11.6. The highest BCUT2D eigenvalue weighted by Crippen LogP contribution is 2.31. The quantitative estimate of drug-likeness (QED) is 0.433. The van der Waals surface area contributed by atoms with E-state index in [9.17, 15) is 4.79 Å². The van der Waals surface area contributed by atoms with E-state index >= 15 is 0 Å². The molecule has 0 bridgehead atoms. The van der Waals surface area contributed by atoms with Crippen LogP contribution in [0.25, 0.3) is 15.9 Å². The Morgan fingerprint density at radius 3 is 2.22 bits per heavy atom. The molecule has 0 fully saturated rings. The van der Waals surface area contributed by atoms with E-state index in [1.807, 2.05) is 24.3 Å². The van der Waals surface area contributed by atoms with Gasteiger partial charge >= 0.3 is 0 Å². The van der Waals surface area contributed by atoms with Crippen molar-refractivity contribution in [2.45, 2.75) is 64.2 Å². The Morgan fingerprint density at radius 1 is 0.889 bits per heavy atom. The van der Waals surface area contributed by atoms with Crippen LogP contribution in [0.3, 0.4) is 0 Å². The second-order valence-electron chi connectivity index (χ2n) is 7.41. The molecule has 0 atom stereocenters. The summed E-state index contributed by atoms with van der Waals surface area (Å²) >= 11 is 5.20. The molecule has 5 heteroatoms.